The zero-order valence-electron chi connectivity index (χ0n) is 14.2. The summed E-state index contributed by atoms with van der Waals surface area (Å²) in [6, 6.07) is 4.02. The molecule has 2 atom stereocenters. The van der Waals surface area contributed by atoms with Crippen LogP contribution in [-0.2, 0) is 25.8 Å². The van der Waals surface area contributed by atoms with Crippen LogP contribution in [0.4, 0.5) is 18.9 Å². The first-order valence-corrected chi connectivity index (χ1v) is 10.2. The molecule has 0 aromatic heterocycles. The van der Waals surface area contributed by atoms with E-state index in [1.165, 1.54) is 6.07 Å². The van der Waals surface area contributed by atoms with Crippen molar-refractivity contribution in [3.8, 4) is 0 Å². The predicted octanol–water partition coefficient (Wildman–Crippen LogP) is 2.80. The van der Waals surface area contributed by atoms with E-state index in [2.05, 4.69) is 5.32 Å². The van der Waals surface area contributed by atoms with E-state index in [9.17, 15) is 31.2 Å². The Morgan fingerprint density at radius 2 is 2.00 bits per heavy atom. The van der Waals surface area contributed by atoms with Crippen molar-refractivity contribution in [3.05, 3.63) is 39.6 Å². The second kappa shape index (κ2) is 6.55. The molecule has 0 aliphatic carbocycles. The third kappa shape index (κ3) is 3.45. The summed E-state index contributed by atoms with van der Waals surface area (Å²) >= 11 is 1.06. The van der Waals surface area contributed by atoms with Crippen LogP contribution in [0.25, 0.3) is 0 Å². The van der Waals surface area contributed by atoms with Gasteiger partial charge in [-0.15, -0.1) is 11.8 Å². The molecule has 1 N–H and O–H groups in total. The number of amides is 2. The Hall–Kier alpha value is -2.01. The fourth-order valence-corrected chi connectivity index (χ4v) is 6.41. The Kier molecular flexibility index (Phi) is 4.79. The molecule has 0 radical (unpaired) electrons. The number of carbonyl (C=O) groups is 2. The third-order valence-electron chi connectivity index (χ3n) is 4.30. The lowest BCUT2D eigenvalue weighted by Crippen LogP contribution is -2.47. The van der Waals surface area contributed by atoms with Crippen LogP contribution in [-0.4, -0.2) is 36.8 Å². The summed E-state index contributed by atoms with van der Waals surface area (Å²) in [6.45, 7) is 1.77. The first-order valence-electron chi connectivity index (χ1n) is 7.83. The predicted molar refractivity (Wildman–Crippen MR) is 93.9 cm³/mol. The number of nitrogens with zero attached hydrogens (tertiary/aromatic N) is 1. The summed E-state index contributed by atoms with van der Waals surface area (Å²) < 4.78 is 63.8. The number of sulfonamides is 1. The monoisotopic (exact) mass is 420 g/mol. The van der Waals surface area contributed by atoms with E-state index in [-0.39, 0.29) is 27.2 Å². The van der Waals surface area contributed by atoms with Gasteiger partial charge in [0.25, 0.3) is 15.9 Å². The van der Waals surface area contributed by atoms with Crippen LogP contribution in [0.1, 0.15) is 18.9 Å². The highest BCUT2D eigenvalue weighted by molar-refractivity contribution is 8.18. The van der Waals surface area contributed by atoms with Gasteiger partial charge in [-0.3, -0.25) is 9.59 Å². The van der Waals surface area contributed by atoms with Crippen molar-refractivity contribution in [3.63, 3.8) is 0 Å². The fraction of sp³-hybridized carbons (Fsp3) is 0.375. The number of anilines is 1. The Balaban J connectivity index is 1.95. The molecule has 2 aliphatic heterocycles. The molecule has 2 amide bonds. The van der Waals surface area contributed by atoms with Gasteiger partial charge in [-0.05, 0) is 30.2 Å². The van der Waals surface area contributed by atoms with Crippen molar-refractivity contribution >= 4 is 39.3 Å². The summed E-state index contributed by atoms with van der Waals surface area (Å²) in [7, 11) is -2.92. The number of halogens is 3. The SMILES string of the molecule is CC1CC2=C(S1)S(=O)(=O)N(C)C(=O)C2C(=O)Nc1cccc(C(F)(F)F)c1. The Morgan fingerprint density at radius 1 is 1.33 bits per heavy atom. The lowest BCUT2D eigenvalue weighted by Gasteiger charge is -2.29. The summed E-state index contributed by atoms with van der Waals surface area (Å²) in [5.41, 5.74) is -0.875. The molecule has 0 saturated carbocycles. The van der Waals surface area contributed by atoms with Gasteiger partial charge in [0.2, 0.25) is 5.91 Å². The van der Waals surface area contributed by atoms with Gasteiger partial charge >= 0.3 is 6.18 Å². The molecule has 0 fully saturated rings. The molecule has 27 heavy (non-hydrogen) atoms. The van der Waals surface area contributed by atoms with E-state index in [1.807, 2.05) is 0 Å². The largest absolute Gasteiger partial charge is 0.416 e. The molecule has 1 aromatic carbocycles. The van der Waals surface area contributed by atoms with E-state index in [4.69, 9.17) is 0 Å². The molecule has 2 aliphatic rings. The lowest BCUT2D eigenvalue weighted by molar-refractivity contribution is -0.138. The molecule has 11 heteroatoms. The van der Waals surface area contributed by atoms with Gasteiger partial charge in [0.1, 0.15) is 10.2 Å². The number of alkyl halides is 3. The van der Waals surface area contributed by atoms with Gasteiger partial charge in [0.15, 0.2) is 0 Å². The molecule has 2 unspecified atom stereocenters. The lowest BCUT2D eigenvalue weighted by atomic mass is 9.94. The van der Waals surface area contributed by atoms with Crippen molar-refractivity contribution in [1.82, 2.24) is 4.31 Å². The van der Waals surface area contributed by atoms with E-state index < -0.39 is 39.5 Å². The topological polar surface area (TPSA) is 83.6 Å². The number of rotatable bonds is 2. The summed E-state index contributed by atoms with van der Waals surface area (Å²) in [5.74, 6) is -3.17. The molecule has 6 nitrogen and oxygen atoms in total. The zero-order valence-corrected chi connectivity index (χ0v) is 15.8. The van der Waals surface area contributed by atoms with Gasteiger partial charge in [-0.1, -0.05) is 13.0 Å². The maximum Gasteiger partial charge on any atom is 0.416 e. The average Bonchev–Trinajstić information content (AvgIpc) is 2.95. The average molecular weight is 420 g/mol. The second-order valence-electron chi connectivity index (χ2n) is 6.26. The molecule has 0 spiro atoms. The smallest absolute Gasteiger partial charge is 0.325 e. The van der Waals surface area contributed by atoms with Crippen molar-refractivity contribution in [2.45, 2.75) is 24.8 Å². The van der Waals surface area contributed by atoms with Gasteiger partial charge in [-0.25, -0.2) is 12.7 Å². The highest BCUT2D eigenvalue weighted by atomic mass is 32.3. The van der Waals surface area contributed by atoms with Crippen LogP contribution >= 0.6 is 11.8 Å². The molecule has 2 heterocycles. The highest BCUT2D eigenvalue weighted by Gasteiger charge is 2.49. The summed E-state index contributed by atoms with van der Waals surface area (Å²) in [5, 5.41) is 2.17. The summed E-state index contributed by atoms with van der Waals surface area (Å²) in [4.78, 5) is 25.2. The van der Waals surface area contributed by atoms with E-state index >= 15 is 0 Å². The maximum absolute atomic E-state index is 12.8. The van der Waals surface area contributed by atoms with Gasteiger partial charge in [-0.2, -0.15) is 13.2 Å². The molecule has 146 valence electrons. The minimum absolute atomic E-state index is 0.0266. The van der Waals surface area contributed by atoms with Crippen molar-refractivity contribution in [1.29, 1.82) is 0 Å². The molecular formula is C16H15F3N2O4S2. The maximum atomic E-state index is 12.8. The Morgan fingerprint density at radius 3 is 2.63 bits per heavy atom. The number of hydrogen-bond donors (Lipinski definition) is 1. The quantitative estimate of drug-likeness (QED) is 0.744. The number of thioether (sulfide) groups is 1. The Bertz CT molecular complexity index is 957. The van der Waals surface area contributed by atoms with Crippen molar-refractivity contribution in [2.75, 3.05) is 12.4 Å². The highest BCUT2D eigenvalue weighted by Crippen LogP contribution is 2.48. The van der Waals surface area contributed by atoms with Crippen molar-refractivity contribution < 1.29 is 31.2 Å². The third-order valence-corrected chi connectivity index (χ3v) is 7.90. The number of nitrogens with one attached hydrogen (secondary N) is 1. The van der Waals surface area contributed by atoms with Crippen LogP contribution in [0.15, 0.2) is 34.1 Å². The van der Waals surface area contributed by atoms with Crippen LogP contribution in [0.2, 0.25) is 0 Å². The van der Waals surface area contributed by atoms with Crippen LogP contribution < -0.4 is 5.32 Å². The van der Waals surface area contributed by atoms with E-state index in [0.717, 1.165) is 37.0 Å². The van der Waals surface area contributed by atoms with Crippen LogP contribution in [0.5, 0.6) is 0 Å². The molecule has 3 rings (SSSR count). The number of hydrogen-bond acceptors (Lipinski definition) is 5. The Labute approximate surface area is 157 Å². The van der Waals surface area contributed by atoms with E-state index in [1.54, 1.807) is 6.92 Å². The first kappa shape index (κ1) is 19.7. The van der Waals surface area contributed by atoms with Gasteiger partial charge < -0.3 is 5.32 Å². The van der Waals surface area contributed by atoms with Gasteiger partial charge in [0.05, 0.1) is 5.56 Å². The minimum Gasteiger partial charge on any atom is -0.325 e. The zero-order chi connectivity index (χ0) is 20.1. The van der Waals surface area contributed by atoms with Crippen LogP contribution in [0.3, 0.4) is 0 Å². The standard InChI is InChI=1S/C16H15F3N2O4S2/c1-8-6-11-12(14(23)21(2)27(24,25)15(11)26-8)13(22)20-10-5-3-4-9(7-10)16(17,18)19/h3-5,7-8,12H,6H2,1-2H3,(H,20,22). The first-order chi connectivity index (χ1) is 12.4. The second-order valence-corrected chi connectivity index (χ2v) is 9.87. The number of benzene rings is 1. The molecular weight excluding hydrogens is 405 g/mol. The van der Waals surface area contributed by atoms with Gasteiger partial charge in [0, 0.05) is 18.0 Å². The normalized spacial score (nSPS) is 24.8. The molecule has 0 bridgehead atoms. The summed E-state index contributed by atoms with van der Waals surface area (Å²) in [6.07, 6.45) is -4.34. The molecule has 0 saturated heterocycles. The minimum atomic E-state index is -4.58. The van der Waals surface area contributed by atoms with Crippen LogP contribution in [0, 0.1) is 5.92 Å². The van der Waals surface area contributed by atoms with E-state index in [0.29, 0.717) is 4.31 Å². The molecule has 1 aromatic rings. The number of carbonyl (C=O) groups excluding carboxylic acids is 2. The fourth-order valence-electron chi connectivity index (χ4n) is 2.99. The van der Waals surface area contributed by atoms with Crippen molar-refractivity contribution in [2.24, 2.45) is 5.92 Å².